The Morgan fingerprint density at radius 2 is 2.35 bits per heavy atom. The number of rotatable bonds is 3. The number of halogens is 1. The molecule has 1 aromatic carbocycles. The van der Waals surface area contributed by atoms with E-state index in [0.717, 1.165) is 33.3 Å². The SMILES string of the molecule is Cc1c(Br)ccc(CS(=O)[O-])c1C1=NOCC1. The minimum Gasteiger partial charge on any atom is -0.772 e. The summed E-state index contributed by atoms with van der Waals surface area (Å²) in [5.41, 5.74) is 3.48. The maximum atomic E-state index is 10.8. The molecule has 1 aliphatic rings. The van der Waals surface area contributed by atoms with Gasteiger partial charge in [0.1, 0.15) is 6.61 Å². The third kappa shape index (κ3) is 2.75. The Bertz CT molecular complexity index is 502. The molecule has 0 amide bonds. The van der Waals surface area contributed by atoms with Crippen LogP contribution in [-0.4, -0.2) is 21.1 Å². The van der Waals surface area contributed by atoms with Crippen LogP contribution in [0.4, 0.5) is 0 Å². The molecule has 0 aliphatic carbocycles. The molecular weight excluding hydrogens is 306 g/mol. The number of hydrogen-bond acceptors (Lipinski definition) is 4. The number of hydrogen-bond donors (Lipinski definition) is 0. The zero-order valence-electron chi connectivity index (χ0n) is 9.23. The highest BCUT2D eigenvalue weighted by molar-refractivity contribution is 9.10. The van der Waals surface area contributed by atoms with E-state index in [-0.39, 0.29) is 5.75 Å². The van der Waals surface area contributed by atoms with Gasteiger partial charge in [-0.25, -0.2) is 0 Å². The highest BCUT2D eigenvalue weighted by Gasteiger charge is 2.18. The molecule has 1 aromatic rings. The molecule has 1 heterocycles. The molecule has 0 saturated heterocycles. The first-order chi connectivity index (χ1) is 8.09. The lowest BCUT2D eigenvalue weighted by molar-refractivity contribution is 0.174. The van der Waals surface area contributed by atoms with Crippen LogP contribution in [-0.2, 0) is 21.7 Å². The van der Waals surface area contributed by atoms with Crippen molar-refractivity contribution in [3.05, 3.63) is 33.3 Å². The van der Waals surface area contributed by atoms with Crippen molar-refractivity contribution >= 4 is 32.7 Å². The Hall–Kier alpha value is -0.720. The Morgan fingerprint density at radius 3 is 2.94 bits per heavy atom. The Balaban J connectivity index is 2.51. The fourth-order valence-electron chi connectivity index (χ4n) is 1.87. The van der Waals surface area contributed by atoms with Gasteiger partial charge in [0.15, 0.2) is 0 Å². The summed E-state index contributed by atoms with van der Waals surface area (Å²) in [4.78, 5) is 4.99. The van der Waals surface area contributed by atoms with Crippen LogP contribution in [0.5, 0.6) is 0 Å². The number of nitrogens with zero attached hydrogens (tertiary/aromatic N) is 1. The summed E-state index contributed by atoms with van der Waals surface area (Å²) >= 11 is 1.34. The fraction of sp³-hybridized carbons (Fsp3) is 0.364. The van der Waals surface area contributed by atoms with Crippen molar-refractivity contribution < 1.29 is 13.6 Å². The molecule has 0 fully saturated rings. The van der Waals surface area contributed by atoms with Crippen LogP contribution in [0, 0.1) is 6.92 Å². The van der Waals surface area contributed by atoms with Crippen LogP contribution in [0.1, 0.15) is 23.1 Å². The largest absolute Gasteiger partial charge is 0.772 e. The van der Waals surface area contributed by atoms with Gasteiger partial charge in [-0.3, -0.25) is 4.21 Å². The van der Waals surface area contributed by atoms with Gasteiger partial charge in [-0.2, -0.15) is 0 Å². The van der Waals surface area contributed by atoms with E-state index in [1.54, 1.807) is 0 Å². The summed E-state index contributed by atoms with van der Waals surface area (Å²) < 4.78 is 22.6. The predicted octanol–water partition coefficient (Wildman–Crippen LogP) is 2.26. The molecule has 0 bridgehead atoms. The topological polar surface area (TPSA) is 61.7 Å². The third-order valence-corrected chi connectivity index (χ3v) is 4.06. The second-order valence-electron chi connectivity index (χ2n) is 3.78. The van der Waals surface area contributed by atoms with E-state index in [2.05, 4.69) is 21.1 Å². The Morgan fingerprint density at radius 1 is 1.59 bits per heavy atom. The first-order valence-electron chi connectivity index (χ1n) is 5.12. The van der Waals surface area contributed by atoms with Crippen LogP contribution in [0.3, 0.4) is 0 Å². The van der Waals surface area contributed by atoms with E-state index in [1.807, 2.05) is 19.1 Å². The fourth-order valence-corrected chi connectivity index (χ4v) is 2.70. The van der Waals surface area contributed by atoms with Crippen molar-refractivity contribution in [2.45, 2.75) is 19.1 Å². The van der Waals surface area contributed by atoms with Crippen molar-refractivity contribution in [2.24, 2.45) is 5.16 Å². The van der Waals surface area contributed by atoms with Gasteiger partial charge in [0.25, 0.3) is 0 Å². The molecule has 0 aromatic heterocycles. The first-order valence-corrected chi connectivity index (χ1v) is 7.16. The van der Waals surface area contributed by atoms with Gasteiger partial charge < -0.3 is 9.39 Å². The highest BCUT2D eigenvalue weighted by atomic mass is 79.9. The van der Waals surface area contributed by atoms with Crippen LogP contribution >= 0.6 is 15.9 Å². The van der Waals surface area contributed by atoms with E-state index in [9.17, 15) is 8.76 Å². The lowest BCUT2D eigenvalue weighted by Gasteiger charge is -2.14. The Kier molecular flexibility index (Phi) is 3.96. The first kappa shape index (κ1) is 12.7. The number of benzene rings is 1. The maximum Gasteiger partial charge on any atom is 0.122 e. The molecule has 1 atom stereocenters. The van der Waals surface area contributed by atoms with E-state index in [4.69, 9.17) is 4.84 Å². The lowest BCUT2D eigenvalue weighted by Crippen LogP contribution is -2.08. The van der Waals surface area contributed by atoms with Crippen molar-refractivity contribution in [2.75, 3.05) is 6.61 Å². The summed E-state index contributed by atoms with van der Waals surface area (Å²) in [6.07, 6.45) is 0.718. The molecule has 4 nitrogen and oxygen atoms in total. The molecule has 0 N–H and O–H groups in total. The number of oxime groups is 1. The van der Waals surface area contributed by atoms with Gasteiger partial charge in [-0.05, 0) is 24.1 Å². The van der Waals surface area contributed by atoms with Crippen molar-refractivity contribution in [1.29, 1.82) is 0 Å². The second-order valence-corrected chi connectivity index (χ2v) is 5.53. The van der Waals surface area contributed by atoms with Crippen molar-refractivity contribution in [1.82, 2.24) is 0 Å². The van der Waals surface area contributed by atoms with Gasteiger partial charge in [-0.1, -0.05) is 38.2 Å². The van der Waals surface area contributed by atoms with Crippen LogP contribution in [0.2, 0.25) is 0 Å². The summed E-state index contributed by atoms with van der Waals surface area (Å²) in [7, 11) is 0. The average molecular weight is 317 g/mol. The Labute approximate surface area is 110 Å². The van der Waals surface area contributed by atoms with Crippen LogP contribution in [0.25, 0.3) is 0 Å². The summed E-state index contributed by atoms with van der Waals surface area (Å²) in [6.45, 7) is 2.50. The van der Waals surface area contributed by atoms with E-state index >= 15 is 0 Å². The van der Waals surface area contributed by atoms with Crippen molar-refractivity contribution in [3.63, 3.8) is 0 Å². The van der Waals surface area contributed by atoms with Gasteiger partial charge >= 0.3 is 0 Å². The van der Waals surface area contributed by atoms with Crippen LogP contribution < -0.4 is 0 Å². The van der Waals surface area contributed by atoms with Gasteiger partial charge in [0, 0.05) is 22.2 Å². The van der Waals surface area contributed by atoms with Gasteiger partial charge in [0.05, 0.1) is 5.71 Å². The van der Waals surface area contributed by atoms with E-state index in [1.165, 1.54) is 0 Å². The zero-order valence-corrected chi connectivity index (χ0v) is 11.6. The monoisotopic (exact) mass is 316 g/mol. The highest BCUT2D eigenvalue weighted by Crippen LogP contribution is 2.27. The molecule has 17 heavy (non-hydrogen) atoms. The molecule has 1 aliphatic heterocycles. The summed E-state index contributed by atoms with van der Waals surface area (Å²) in [5.74, 6) is 0.00245. The van der Waals surface area contributed by atoms with E-state index in [0.29, 0.717) is 6.61 Å². The predicted molar refractivity (Wildman–Crippen MR) is 68.6 cm³/mol. The van der Waals surface area contributed by atoms with Crippen molar-refractivity contribution in [3.8, 4) is 0 Å². The molecule has 0 spiro atoms. The van der Waals surface area contributed by atoms with E-state index < -0.39 is 11.1 Å². The standard InChI is InChI=1S/C11H12BrNO3S/c1-7-9(12)3-2-8(6-17(14)15)11(7)10-4-5-16-13-10/h2-3H,4-6H2,1H3,(H,14,15)/p-1. The quantitative estimate of drug-likeness (QED) is 0.803. The average Bonchev–Trinajstić information content (AvgIpc) is 2.76. The molecule has 92 valence electrons. The molecule has 2 rings (SSSR count). The summed E-state index contributed by atoms with van der Waals surface area (Å²) in [5, 5.41) is 3.97. The van der Waals surface area contributed by atoms with Gasteiger partial charge in [-0.15, -0.1) is 0 Å². The second kappa shape index (κ2) is 5.29. The molecule has 1 unspecified atom stereocenters. The maximum absolute atomic E-state index is 10.8. The zero-order chi connectivity index (χ0) is 12.4. The molecule has 6 heteroatoms. The minimum atomic E-state index is -2.10. The molecule has 0 radical (unpaired) electrons. The van der Waals surface area contributed by atoms with Gasteiger partial charge in [0.2, 0.25) is 0 Å². The molecule has 0 saturated carbocycles. The summed E-state index contributed by atoms with van der Waals surface area (Å²) in [6, 6.07) is 3.67. The third-order valence-electron chi connectivity index (χ3n) is 2.65. The molecular formula is C11H11BrNO3S-. The normalized spacial score (nSPS) is 16.5. The van der Waals surface area contributed by atoms with Crippen LogP contribution in [0.15, 0.2) is 21.8 Å². The smallest absolute Gasteiger partial charge is 0.122 e. The lowest BCUT2D eigenvalue weighted by atomic mass is 9.97. The minimum absolute atomic E-state index is 0.00245.